The molecule has 0 bridgehead atoms. The zero-order chi connectivity index (χ0) is 24.6. The summed E-state index contributed by atoms with van der Waals surface area (Å²) in [6.45, 7) is 1.97. The summed E-state index contributed by atoms with van der Waals surface area (Å²) in [6, 6.07) is 17.7. The van der Waals surface area contributed by atoms with Crippen molar-refractivity contribution in [3.63, 3.8) is 0 Å². The Bertz CT molecular complexity index is 1310. The Morgan fingerprint density at radius 1 is 1.06 bits per heavy atom. The van der Waals surface area contributed by atoms with Crippen LogP contribution < -0.4 is 16.4 Å². The summed E-state index contributed by atoms with van der Waals surface area (Å²) in [6.07, 6.45) is 0.286. The molecule has 3 aromatic rings. The molecule has 3 aromatic carbocycles. The first-order valence-electron chi connectivity index (χ1n) is 11.3. The molecule has 0 saturated carbocycles. The summed E-state index contributed by atoms with van der Waals surface area (Å²) in [5.41, 5.74) is 8.47. The zero-order valence-corrected chi connectivity index (χ0v) is 20.3. The molecule has 5 rings (SSSR count). The van der Waals surface area contributed by atoms with Gasteiger partial charge in [-0.3, -0.25) is 9.59 Å². The fraction of sp³-hybridized carbons (Fsp3) is 0.231. The van der Waals surface area contributed by atoms with E-state index in [0.29, 0.717) is 59.0 Å². The number of nitrogens with one attached hydrogen (secondary N) is 2. The van der Waals surface area contributed by atoms with Gasteiger partial charge in [-0.15, -0.1) is 0 Å². The van der Waals surface area contributed by atoms with Crippen molar-refractivity contribution in [1.29, 1.82) is 0 Å². The van der Waals surface area contributed by atoms with E-state index in [4.69, 9.17) is 33.7 Å². The van der Waals surface area contributed by atoms with Crippen molar-refractivity contribution in [1.82, 2.24) is 4.90 Å². The van der Waals surface area contributed by atoms with Crippen molar-refractivity contribution in [3.8, 4) is 0 Å². The molecule has 9 heteroatoms. The van der Waals surface area contributed by atoms with Gasteiger partial charge in [0.1, 0.15) is 5.54 Å². The molecule has 180 valence electrons. The van der Waals surface area contributed by atoms with Gasteiger partial charge < -0.3 is 26.0 Å². The Labute approximate surface area is 213 Å². The third kappa shape index (κ3) is 4.55. The molecule has 2 amide bonds. The lowest BCUT2D eigenvalue weighted by molar-refractivity contribution is -0.119. The van der Waals surface area contributed by atoms with Crippen molar-refractivity contribution in [2.75, 3.05) is 42.7 Å². The predicted molar refractivity (Wildman–Crippen MR) is 138 cm³/mol. The molecule has 35 heavy (non-hydrogen) atoms. The van der Waals surface area contributed by atoms with Crippen LogP contribution in [0.25, 0.3) is 0 Å². The fourth-order valence-electron chi connectivity index (χ4n) is 4.66. The molecule has 2 aliphatic heterocycles. The predicted octanol–water partition coefficient (Wildman–Crippen LogP) is 4.55. The number of ether oxygens (including phenoxy) is 1. The summed E-state index contributed by atoms with van der Waals surface area (Å²) in [5.74, 6) is -0.412. The number of rotatable bonds is 5. The number of benzene rings is 3. The maximum absolute atomic E-state index is 13.6. The number of morpholine rings is 1. The molecule has 0 spiro atoms. The lowest BCUT2D eigenvalue weighted by atomic mass is 9.84. The van der Waals surface area contributed by atoms with Crippen LogP contribution in [0.3, 0.4) is 0 Å². The second-order valence-electron chi connectivity index (χ2n) is 8.69. The number of nitrogens with zero attached hydrogens (tertiary/aromatic N) is 1. The normalized spacial score (nSPS) is 19.3. The zero-order valence-electron chi connectivity index (χ0n) is 18.8. The first kappa shape index (κ1) is 23.5. The monoisotopic (exact) mass is 510 g/mol. The van der Waals surface area contributed by atoms with Crippen molar-refractivity contribution in [2.45, 2.75) is 12.0 Å². The largest absolute Gasteiger partial charge is 0.399 e. The van der Waals surface area contributed by atoms with Crippen molar-refractivity contribution in [2.24, 2.45) is 0 Å². The number of carbonyl (C=O) groups excluding carboxylic acids is 2. The van der Waals surface area contributed by atoms with Crippen molar-refractivity contribution < 1.29 is 14.3 Å². The number of hydrogen-bond donors (Lipinski definition) is 3. The average Bonchev–Trinajstić information content (AvgIpc) is 3.09. The standard InChI is InChI=1S/C26H24Cl2N4O3/c27-17-3-1-2-16(12-17)15-26(21-7-4-18(28)13-23(21)30-25(26)34)31-22-14-19(29)5-6-20(22)24(33)32-8-10-35-11-9-32/h1-7,12-14,31H,8-11,15,29H2,(H,30,34). The Morgan fingerprint density at radius 2 is 1.83 bits per heavy atom. The lowest BCUT2D eigenvalue weighted by Gasteiger charge is -2.33. The van der Waals surface area contributed by atoms with Crippen LogP contribution in [0.1, 0.15) is 21.5 Å². The topological polar surface area (TPSA) is 96.7 Å². The van der Waals surface area contributed by atoms with Crippen molar-refractivity contribution >= 4 is 52.1 Å². The van der Waals surface area contributed by atoms with E-state index in [9.17, 15) is 9.59 Å². The second kappa shape index (κ2) is 9.41. The molecule has 0 radical (unpaired) electrons. The lowest BCUT2D eigenvalue weighted by Crippen LogP contribution is -2.45. The van der Waals surface area contributed by atoms with Crippen LogP contribution in [-0.2, 0) is 21.5 Å². The number of nitrogens with two attached hydrogens (primary N) is 1. The van der Waals surface area contributed by atoms with Gasteiger partial charge in [0.25, 0.3) is 11.8 Å². The molecule has 2 aliphatic rings. The molecule has 1 atom stereocenters. The molecular weight excluding hydrogens is 487 g/mol. The van der Waals surface area contributed by atoms with Crippen LogP contribution in [0.15, 0.2) is 60.7 Å². The average molecular weight is 511 g/mol. The van der Waals surface area contributed by atoms with Gasteiger partial charge in [-0.05, 0) is 48.0 Å². The van der Waals surface area contributed by atoms with E-state index in [0.717, 1.165) is 11.1 Å². The number of halogens is 2. The summed E-state index contributed by atoms with van der Waals surface area (Å²) in [4.78, 5) is 28.8. The first-order valence-corrected chi connectivity index (χ1v) is 12.0. The highest BCUT2D eigenvalue weighted by molar-refractivity contribution is 6.31. The number of carbonyl (C=O) groups is 2. The van der Waals surface area contributed by atoms with Gasteiger partial charge in [-0.1, -0.05) is 41.4 Å². The van der Waals surface area contributed by atoms with E-state index in [2.05, 4.69) is 10.6 Å². The minimum absolute atomic E-state index is 0.150. The molecule has 4 N–H and O–H groups in total. The van der Waals surface area contributed by atoms with Gasteiger partial charge in [-0.2, -0.15) is 0 Å². The van der Waals surface area contributed by atoms with Gasteiger partial charge in [0.2, 0.25) is 0 Å². The van der Waals surface area contributed by atoms with E-state index in [1.54, 1.807) is 41.3 Å². The van der Waals surface area contributed by atoms with Gasteiger partial charge >= 0.3 is 0 Å². The summed E-state index contributed by atoms with van der Waals surface area (Å²) in [7, 11) is 0. The highest BCUT2D eigenvalue weighted by Crippen LogP contribution is 2.43. The van der Waals surface area contributed by atoms with Crippen LogP contribution in [0.4, 0.5) is 17.1 Å². The van der Waals surface area contributed by atoms with E-state index < -0.39 is 5.54 Å². The Balaban J connectivity index is 1.61. The van der Waals surface area contributed by atoms with Crippen LogP contribution in [0.5, 0.6) is 0 Å². The third-order valence-corrected chi connectivity index (χ3v) is 6.83. The van der Waals surface area contributed by atoms with Crippen LogP contribution in [-0.4, -0.2) is 43.0 Å². The number of amides is 2. The maximum atomic E-state index is 13.6. The highest BCUT2D eigenvalue weighted by atomic mass is 35.5. The number of anilines is 3. The van der Waals surface area contributed by atoms with Crippen LogP contribution >= 0.6 is 23.2 Å². The first-order chi connectivity index (χ1) is 16.9. The molecule has 1 unspecified atom stereocenters. The van der Waals surface area contributed by atoms with Gasteiger partial charge in [0.05, 0.1) is 24.5 Å². The number of nitrogen functional groups attached to an aromatic ring is 1. The SMILES string of the molecule is Nc1ccc(C(=O)N2CCOCC2)c(NC2(Cc3cccc(Cl)c3)C(=O)Nc3cc(Cl)ccc32)c1. The molecular formula is C26H24Cl2N4O3. The van der Waals surface area contributed by atoms with Gasteiger partial charge in [0, 0.05) is 46.5 Å². The highest BCUT2D eigenvalue weighted by Gasteiger charge is 2.47. The Morgan fingerprint density at radius 3 is 2.60 bits per heavy atom. The van der Waals surface area contributed by atoms with Crippen molar-refractivity contribution in [3.05, 3.63) is 87.4 Å². The summed E-state index contributed by atoms with van der Waals surface area (Å²) >= 11 is 12.5. The molecule has 0 aromatic heterocycles. The van der Waals surface area contributed by atoms with Crippen LogP contribution in [0.2, 0.25) is 10.0 Å². The molecule has 0 aliphatic carbocycles. The smallest absolute Gasteiger partial charge is 0.256 e. The third-order valence-electron chi connectivity index (χ3n) is 6.36. The molecule has 2 heterocycles. The molecule has 1 saturated heterocycles. The van der Waals surface area contributed by atoms with E-state index >= 15 is 0 Å². The number of fused-ring (bicyclic) bond motifs is 1. The van der Waals surface area contributed by atoms with E-state index in [1.807, 2.05) is 24.3 Å². The van der Waals surface area contributed by atoms with Gasteiger partial charge in [-0.25, -0.2) is 0 Å². The minimum Gasteiger partial charge on any atom is -0.399 e. The molecule has 7 nitrogen and oxygen atoms in total. The maximum Gasteiger partial charge on any atom is 0.256 e. The van der Waals surface area contributed by atoms with E-state index in [-0.39, 0.29) is 18.2 Å². The fourth-order valence-corrected chi connectivity index (χ4v) is 5.04. The van der Waals surface area contributed by atoms with Crippen LogP contribution in [0, 0.1) is 0 Å². The summed E-state index contributed by atoms with van der Waals surface area (Å²) in [5, 5.41) is 7.45. The Hall–Kier alpha value is -3.26. The Kier molecular flexibility index (Phi) is 6.32. The van der Waals surface area contributed by atoms with E-state index in [1.165, 1.54) is 0 Å². The minimum atomic E-state index is -1.22. The molecule has 1 fully saturated rings. The summed E-state index contributed by atoms with van der Waals surface area (Å²) < 4.78 is 5.39. The number of hydrogen-bond acceptors (Lipinski definition) is 5. The second-order valence-corrected chi connectivity index (χ2v) is 9.56. The van der Waals surface area contributed by atoms with Gasteiger partial charge in [0.15, 0.2) is 0 Å². The quantitative estimate of drug-likeness (QED) is 0.437.